The van der Waals surface area contributed by atoms with Crippen LogP contribution in [-0.4, -0.2) is 58.3 Å². The van der Waals surface area contributed by atoms with E-state index in [0.29, 0.717) is 0 Å². The lowest BCUT2D eigenvalue weighted by atomic mass is 9.92. The molecule has 102 valence electrons. The highest BCUT2D eigenvalue weighted by molar-refractivity contribution is 5.86. The first-order chi connectivity index (χ1) is 8.49. The van der Waals surface area contributed by atoms with Crippen LogP contribution >= 0.6 is 0 Å². The summed E-state index contributed by atoms with van der Waals surface area (Å²) in [5.41, 5.74) is 0. The fourth-order valence-electron chi connectivity index (χ4n) is 2.88. The van der Waals surface area contributed by atoms with Crippen LogP contribution in [0.3, 0.4) is 0 Å². The molecule has 18 heavy (non-hydrogen) atoms. The predicted molar refractivity (Wildman–Crippen MR) is 63.9 cm³/mol. The maximum atomic E-state index is 12.3. The van der Waals surface area contributed by atoms with Gasteiger partial charge in [0, 0.05) is 24.9 Å². The second-order valence-corrected chi connectivity index (χ2v) is 5.31. The van der Waals surface area contributed by atoms with Gasteiger partial charge in [0.1, 0.15) is 6.04 Å². The molecule has 0 bridgehead atoms. The van der Waals surface area contributed by atoms with Gasteiger partial charge in [-0.15, -0.1) is 0 Å². The fraction of sp³-hybridized carbons (Fsp3) is 0.833. The summed E-state index contributed by atoms with van der Waals surface area (Å²) in [5.74, 6) is -1.26. The van der Waals surface area contributed by atoms with Crippen LogP contribution in [0.1, 0.15) is 26.2 Å². The summed E-state index contributed by atoms with van der Waals surface area (Å²) in [6.45, 7) is 2.95. The molecule has 2 aliphatic rings. The number of aliphatic hydroxyl groups excluding tert-OH is 1. The third-order valence-corrected chi connectivity index (χ3v) is 3.82. The summed E-state index contributed by atoms with van der Waals surface area (Å²) in [6.07, 6.45) is 0.899. The Hall–Kier alpha value is -1.14. The minimum atomic E-state index is -1.03. The normalized spacial score (nSPS) is 36.7. The number of rotatable bonds is 2. The number of carbonyl (C=O) groups is 2. The quantitative estimate of drug-likeness (QED) is 0.615. The summed E-state index contributed by atoms with van der Waals surface area (Å²) >= 11 is 0. The Balaban J connectivity index is 2.05. The average molecular weight is 256 g/mol. The van der Waals surface area contributed by atoms with E-state index in [2.05, 4.69) is 5.32 Å². The van der Waals surface area contributed by atoms with Crippen LogP contribution in [0.4, 0.5) is 0 Å². The van der Waals surface area contributed by atoms with E-state index in [4.69, 9.17) is 5.11 Å². The van der Waals surface area contributed by atoms with Crippen molar-refractivity contribution in [2.75, 3.05) is 13.1 Å². The van der Waals surface area contributed by atoms with E-state index in [1.807, 2.05) is 6.92 Å². The minimum absolute atomic E-state index is 0.117. The van der Waals surface area contributed by atoms with Gasteiger partial charge in [0.15, 0.2) is 0 Å². The molecule has 2 fully saturated rings. The van der Waals surface area contributed by atoms with Crippen molar-refractivity contribution in [3.05, 3.63) is 0 Å². The van der Waals surface area contributed by atoms with Crippen molar-refractivity contribution in [3.63, 3.8) is 0 Å². The van der Waals surface area contributed by atoms with Crippen molar-refractivity contribution in [2.24, 2.45) is 5.92 Å². The number of aliphatic carboxylic acids is 1. The Morgan fingerprint density at radius 2 is 2.06 bits per heavy atom. The number of likely N-dealkylation sites (tertiary alicyclic amines) is 1. The SMILES string of the molecule is CC1CC(C(=O)N2C[C@@H](O)C[C@H]2C(=O)O)CCN1. The highest BCUT2D eigenvalue weighted by atomic mass is 16.4. The van der Waals surface area contributed by atoms with Crippen molar-refractivity contribution in [2.45, 2.75) is 44.4 Å². The van der Waals surface area contributed by atoms with Gasteiger partial charge >= 0.3 is 5.97 Å². The van der Waals surface area contributed by atoms with Crippen LogP contribution in [0.5, 0.6) is 0 Å². The number of amides is 1. The minimum Gasteiger partial charge on any atom is -0.480 e. The van der Waals surface area contributed by atoms with E-state index in [0.717, 1.165) is 19.4 Å². The number of hydrogen-bond donors (Lipinski definition) is 3. The Labute approximate surface area is 106 Å². The van der Waals surface area contributed by atoms with Gasteiger partial charge in [0.05, 0.1) is 6.10 Å². The standard InChI is InChI=1S/C12H20N2O4/c1-7-4-8(2-3-13-7)11(16)14-6-9(15)5-10(14)12(17)18/h7-10,13,15H,2-6H2,1H3,(H,17,18)/t7?,8?,9-,10-/m0/s1. The molecule has 0 aromatic carbocycles. The van der Waals surface area contributed by atoms with Gasteiger partial charge in [-0.1, -0.05) is 0 Å². The monoisotopic (exact) mass is 256 g/mol. The number of aliphatic hydroxyl groups is 1. The number of β-amino-alcohol motifs (C(OH)–C–C–N with tert-alkyl or cyclic N) is 1. The summed E-state index contributed by atoms with van der Waals surface area (Å²) in [5, 5.41) is 21.9. The summed E-state index contributed by atoms with van der Waals surface area (Å²) < 4.78 is 0. The molecule has 0 aliphatic carbocycles. The number of carboxylic acid groups (broad SMARTS) is 1. The first-order valence-electron chi connectivity index (χ1n) is 6.43. The smallest absolute Gasteiger partial charge is 0.326 e. The van der Waals surface area contributed by atoms with E-state index in [1.54, 1.807) is 0 Å². The van der Waals surface area contributed by atoms with Crippen molar-refractivity contribution >= 4 is 11.9 Å². The molecule has 3 N–H and O–H groups in total. The molecule has 6 nitrogen and oxygen atoms in total. The van der Waals surface area contributed by atoms with Crippen molar-refractivity contribution in [1.29, 1.82) is 0 Å². The van der Waals surface area contributed by atoms with Crippen molar-refractivity contribution < 1.29 is 19.8 Å². The number of hydrogen-bond acceptors (Lipinski definition) is 4. The highest BCUT2D eigenvalue weighted by Crippen LogP contribution is 2.25. The van der Waals surface area contributed by atoms with Crippen LogP contribution in [-0.2, 0) is 9.59 Å². The number of nitrogens with one attached hydrogen (secondary N) is 1. The number of carbonyl (C=O) groups excluding carboxylic acids is 1. The fourth-order valence-corrected chi connectivity index (χ4v) is 2.88. The van der Waals surface area contributed by atoms with Crippen LogP contribution in [0, 0.1) is 5.92 Å². The van der Waals surface area contributed by atoms with E-state index in [-0.39, 0.29) is 30.8 Å². The van der Waals surface area contributed by atoms with Gasteiger partial charge in [-0.2, -0.15) is 0 Å². The molecule has 4 atom stereocenters. The largest absolute Gasteiger partial charge is 0.480 e. The molecule has 1 amide bonds. The lowest BCUT2D eigenvalue weighted by Crippen LogP contribution is -2.47. The predicted octanol–water partition coefficient (Wildman–Crippen LogP) is -0.579. The first-order valence-corrected chi connectivity index (χ1v) is 6.43. The molecular weight excluding hydrogens is 236 g/mol. The zero-order valence-electron chi connectivity index (χ0n) is 10.5. The topological polar surface area (TPSA) is 89.9 Å². The third-order valence-electron chi connectivity index (χ3n) is 3.82. The van der Waals surface area contributed by atoms with E-state index < -0.39 is 18.1 Å². The molecule has 6 heteroatoms. The van der Waals surface area contributed by atoms with Gasteiger partial charge in [-0.05, 0) is 26.3 Å². The summed E-state index contributed by atoms with van der Waals surface area (Å²) in [4.78, 5) is 24.8. The second-order valence-electron chi connectivity index (χ2n) is 5.31. The Kier molecular flexibility index (Phi) is 3.87. The zero-order valence-corrected chi connectivity index (χ0v) is 10.5. The van der Waals surface area contributed by atoms with E-state index >= 15 is 0 Å². The van der Waals surface area contributed by atoms with Crippen molar-refractivity contribution in [1.82, 2.24) is 10.2 Å². The molecule has 2 rings (SSSR count). The first kappa shape index (κ1) is 13.3. The van der Waals surface area contributed by atoms with Gasteiger partial charge < -0.3 is 20.4 Å². The van der Waals surface area contributed by atoms with Gasteiger partial charge in [-0.3, -0.25) is 4.79 Å². The molecule has 0 saturated carbocycles. The Bertz CT molecular complexity index is 347. The second kappa shape index (κ2) is 5.24. The number of carboxylic acids is 1. The van der Waals surface area contributed by atoms with Crippen LogP contribution < -0.4 is 5.32 Å². The average Bonchev–Trinajstić information content (AvgIpc) is 2.70. The lowest BCUT2D eigenvalue weighted by molar-refractivity contribution is -0.150. The summed E-state index contributed by atoms with van der Waals surface area (Å²) in [6, 6.07) is -0.582. The molecule has 2 saturated heterocycles. The van der Waals surface area contributed by atoms with Crippen LogP contribution in [0.25, 0.3) is 0 Å². The van der Waals surface area contributed by atoms with Crippen molar-refractivity contribution in [3.8, 4) is 0 Å². The van der Waals surface area contributed by atoms with Crippen LogP contribution in [0.15, 0.2) is 0 Å². The molecular formula is C12H20N2O4. The van der Waals surface area contributed by atoms with Gasteiger partial charge in [-0.25, -0.2) is 4.79 Å². The molecule has 0 radical (unpaired) electrons. The Morgan fingerprint density at radius 1 is 1.33 bits per heavy atom. The molecule has 2 aliphatic heterocycles. The van der Waals surface area contributed by atoms with Gasteiger partial charge in [0.2, 0.25) is 5.91 Å². The maximum absolute atomic E-state index is 12.3. The number of piperidine rings is 1. The summed E-state index contributed by atoms with van der Waals surface area (Å²) in [7, 11) is 0. The molecule has 0 aromatic heterocycles. The molecule has 0 aromatic rings. The zero-order chi connectivity index (χ0) is 13.3. The third kappa shape index (κ3) is 2.64. The van der Waals surface area contributed by atoms with E-state index in [9.17, 15) is 14.7 Å². The highest BCUT2D eigenvalue weighted by Gasteiger charge is 2.41. The number of nitrogens with zero attached hydrogens (tertiary/aromatic N) is 1. The van der Waals surface area contributed by atoms with E-state index in [1.165, 1.54) is 4.90 Å². The maximum Gasteiger partial charge on any atom is 0.326 e. The van der Waals surface area contributed by atoms with Crippen LogP contribution in [0.2, 0.25) is 0 Å². The lowest BCUT2D eigenvalue weighted by Gasteiger charge is -2.31. The van der Waals surface area contributed by atoms with Gasteiger partial charge in [0.25, 0.3) is 0 Å². The Morgan fingerprint density at radius 3 is 2.67 bits per heavy atom. The molecule has 2 heterocycles. The molecule has 0 spiro atoms. The molecule has 2 unspecified atom stereocenters.